The third-order valence-electron chi connectivity index (χ3n) is 2.56. The molecule has 1 rings (SSSR count). The Morgan fingerprint density at radius 3 is 3.00 bits per heavy atom. The highest BCUT2D eigenvalue weighted by Gasteiger charge is 2.12. The molecule has 5 nitrogen and oxygen atoms in total. The SMILES string of the molecule is C=CCNC(=S)N(CCCc1ncccc1Cl)C(=N)N. The minimum absolute atomic E-state index is 0.0846. The maximum Gasteiger partial charge on any atom is 0.194 e. The molecule has 0 saturated heterocycles. The quantitative estimate of drug-likeness (QED) is 0.324. The minimum Gasteiger partial charge on any atom is -0.370 e. The highest BCUT2D eigenvalue weighted by molar-refractivity contribution is 7.80. The molecule has 0 aromatic carbocycles. The van der Waals surface area contributed by atoms with Crippen molar-refractivity contribution in [3.63, 3.8) is 0 Å². The van der Waals surface area contributed by atoms with Crippen LogP contribution < -0.4 is 11.1 Å². The summed E-state index contributed by atoms with van der Waals surface area (Å²) in [4.78, 5) is 5.75. The number of hydrogen-bond donors (Lipinski definition) is 3. The predicted molar refractivity (Wildman–Crippen MR) is 87.0 cm³/mol. The lowest BCUT2D eigenvalue weighted by atomic mass is 10.2. The van der Waals surface area contributed by atoms with Crippen LogP contribution in [0.3, 0.4) is 0 Å². The highest BCUT2D eigenvalue weighted by Crippen LogP contribution is 2.13. The van der Waals surface area contributed by atoms with E-state index in [1.54, 1.807) is 18.3 Å². The van der Waals surface area contributed by atoms with E-state index in [9.17, 15) is 0 Å². The van der Waals surface area contributed by atoms with Crippen LogP contribution >= 0.6 is 23.8 Å². The number of aryl methyl sites for hydroxylation is 1. The Hall–Kier alpha value is -1.66. The van der Waals surface area contributed by atoms with Crippen molar-refractivity contribution < 1.29 is 0 Å². The van der Waals surface area contributed by atoms with Crippen LogP contribution in [0.1, 0.15) is 12.1 Å². The smallest absolute Gasteiger partial charge is 0.194 e. The van der Waals surface area contributed by atoms with Crippen molar-refractivity contribution >= 4 is 34.9 Å². The summed E-state index contributed by atoms with van der Waals surface area (Å²) in [5.41, 5.74) is 6.37. The Morgan fingerprint density at radius 1 is 1.65 bits per heavy atom. The van der Waals surface area contributed by atoms with Crippen LogP contribution in [-0.4, -0.2) is 34.0 Å². The molecule has 0 spiro atoms. The molecule has 0 fully saturated rings. The van der Waals surface area contributed by atoms with Crippen LogP contribution in [0.15, 0.2) is 31.0 Å². The molecule has 0 saturated carbocycles. The molecule has 0 aliphatic heterocycles. The number of thiocarbonyl (C=S) groups is 1. The Kier molecular flexibility index (Phi) is 6.97. The molecule has 1 aromatic heterocycles. The van der Waals surface area contributed by atoms with Gasteiger partial charge in [-0.3, -0.25) is 15.3 Å². The van der Waals surface area contributed by atoms with E-state index < -0.39 is 0 Å². The summed E-state index contributed by atoms with van der Waals surface area (Å²) in [5, 5.41) is 11.6. The van der Waals surface area contributed by atoms with Crippen molar-refractivity contribution in [3.05, 3.63) is 41.7 Å². The molecule has 0 aliphatic rings. The van der Waals surface area contributed by atoms with Crippen molar-refractivity contribution in [1.29, 1.82) is 5.41 Å². The molecule has 0 radical (unpaired) electrons. The molecule has 108 valence electrons. The van der Waals surface area contributed by atoms with Gasteiger partial charge < -0.3 is 11.1 Å². The molecule has 0 unspecified atom stereocenters. The van der Waals surface area contributed by atoms with Crippen LogP contribution in [0.2, 0.25) is 5.02 Å². The van der Waals surface area contributed by atoms with Crippen molar-refractivity contribution in [2.45, 2.75) is 12.8 Å². The van der Waals surface area contributed by atoms with Crippen molar-refractivity contribution in [2.75, 3.05) is 13.1 Å². The van der Waals surface area contributed by atoms with Crippen LogP contribution in [-0.2, 0) is 6.42 Å². The summed E-state index contributed by atoms with van der Waals surface area (Å²) in [6.45, 7) is 4.67. The summed E-state index contributed by atoms with van der Waals surface area (Å²) >= 11 is 11.2. The van der Waals surface area contributed by atoms with E-state index in [1.165, 1.54) is 4.90 Å². The monoisotopic (exact) mass is 311 g/mol. The number of nitrogens with one attached hydrogen (secondary N) is 2. The van der Waals surface area contributed by atoms with Gasteiger partial charge in [0.25, 0.3) is 0 Å². The second kappa shape index (κ2) is 8.50. The average Bonchev–Trinajstić information content (AvgIpc) is 2.42. The number of pyridine rings is 1. The van der Waals surface area contributed by atoms with Gasteiger partial charge in [0.1, 0.15) is 0 Å². The summed E-state index contributed by atoms with van der Waals surface area (Å²) in [6, 6.07) is 3.60. The zero-order valence-corrected chi connectivity index (χ0v) is 12.7. The lowest BCUT2D eigenvalue weighted by Gasteiger charge is -2.23. The maximum atomic E-state index is 7.55. The predicted octanol–water partition coefficient (Wildman–Crippen LogP) is 1.92. The first-order chi connectivity index (χ1) is 9.56. The Balaban J connectivity index is 2.51. The third-order valence-corrected chi connectivity index (χ3v) is 3.27. The van der Waals surface area contributed by atoms with Crippen molar-refractivity contribution in [1.82, 2.24) is 15.2 Å². The maximum absolute atomic E-state index is 7.55. The largest absolute Gasteiger partial charge is 0.370 e. The lowest BCUT2D eigenvalue weighted by molar-refractivity contribution is 0.554. The number of guanidine groups is 1. The van der Waals surface area contributed by atoms with Gasteiger partial charge in [-0.05, 0) is 37.2 Å². The fraction of sp³-hybridized carbons (Fsp3) is 0.308. The molecular weight excluding hydrogens is 294 g/mol. The fourth-order valence-corrected chi connectivity index (χ4v) is 2.08. The van der Waals surface area contributed by atoms with Crippen LogP contribution in [0.25, 0.3) is 0 Å². The summed E-state index contributed by atoms with van der Waals surface area (Å²) in [7, 11) is 0. The van der Waals surface area contributed by atoms with Gasteiger partial charge in [-0.2, -0.15) is 0 Å². The van der Waals surface area contributed by atoms with E-state index in [2.05, 4.69) is 16.9 Å². The molecule has 0 amide bonds. The first-order valence-electron chi connectivity index (χ1n) is 6.16. The van der Waals surface area contributed by atoms with Crippen LogP contribution in [0.4, 0.5) is 0 Å². The summed E-state index contributed by atoms with van der Waals surface area (Å²) in [6.07, 6.45) is 4.85. The van der Waals surface area contributed by atoms with Crippen molar-refractivity contribution in [3.8, 4) is 0 Å². The second-order valence-electron chi connectivity index (χ2n) is 4.05. The Labute approximate surface area is 129 Å². The summed E-state index contributed by atoms with van der Waals surface area (Å²) < 4.78 is 0. The Bertz CT molecular complexity index is 491. The third kappa shape index (κ3) is 5.14. The number of halogens is 1. The molecule has 0 atom stereocenters. The standard InChI is InChI=1S/C13H18ClN5S/c1-2-7-18-13(20)19(12(15)16)9-4-6-11-10(14)5-3-8-17-11/h2-3,5,8H,1,4,6-7,9H2,(H3,15,16)(H,18,20). The molecule has 20 heavy (non-hydrogen) atoms. The van der Waals surface area contributed by atoms with E-state index in [1.807, 2.05) is 6.07 Å². The van der Waals surface area contributed by atoms with E-state index in [-0.39, 0.29) is 5.96 Å². The van der Waals surface area contributed by atoms with E-state index >= 15 is 0 Å². The molecule has 1 aromatic rings. The van der Waals surface area contributed by atoms with Gasteiger partial charge in [0, 0.05) is 19.3 Å². The van der Waals surface area contributed by atoms with Gasteiger partial charge >= 0.3 is 0 Å². The molecule has 1 heterocycles. The van der Waals surface area contributed by atoms with Crippen LogP contribution in [0.5, 0.6) is 0 Å². The number of nitrogens with zero attached hydrogens (tertiary/aromatic N) is 2. The van der Waals surface area contributed by atoms with Gasteiger partial charge in [-0.25, -0.2) is 0 Å². The zero-order chi connectivity index (χ0) is 15.0. The van der Waals surface area contributed by atoms with E-state index in [0.717, 1.165) is 12.1 Å². The van der Waals surface area contributed by atoms with E-state index in [0.29, 0.717) is 29.6 Å². The molecule has 4 N–H and O–H groups in total. The average molecular weight is 312 g/mol. The number of hydrogen-bond acceptors (Lipinski definition) is 3. The molecular formula is C13H18ClN5S. The normalized spacial score (nSPS) is 9.85. The lowest BCUT2D eigenvalue weighted by Crippen LogP contribution is -2.47. The minimum atomic E-state index is -0.0846. The van der Waals surface area contributed by atoms with Gasteiger partial charge in [-0.1, -0.05) is 17.7 Å². The number of rotatable bonds is 6. The highest BCUT2D eigenvalue weighted by atomic mass is 35.5. The first-order valence-corrected chi connectivity index (χ1v) is 6.94. The zero-order valence-electron chi connectivity index (χ0n) is 11.1. The van der Waals surface area contributed by atoms with Crippen molar-refractivity contribution in [2.24, 2.45) is 5.73 Å². The van der Waals surface area contributed by atoms with Gasteiger partial charge in [-0.15, -0.1) is 6.58 Å². The Morgan fingerprint density at radius 2 is 2.40 bits per heavy atom. The van der Waals surface area contributed by atoms with Gasteiger partial charge in [0.2, 0.25) is 0 Å². The van der Waals surface area contributed by atoms with Crippen LogP contribution in [0, 0.1) is 5.41 Å². The molecule has 7 heteroatoms. The topological polar surface area (TPSA) is 78.0 Å². The van der Waals surface area contributed by atoms with Gasteiger partial charge in [0.15, 0.2) is 11.1 Å². The second-order valence-corrected chi connectivity index (χ2v) is 4.84. The molecule has 0 bridgehead atoms. The van der Waals surface area contributed by atoms with Gasteiger partial charge in [0.05, 0.1) is 10.7 Å². The fourth-order valence-electron chi connectivity index (χ4n) is 1.59. The summed E-state index contributed by atoms with van der Waals surface area (Å²) in [5.74, 6) is -0.0846. The first kappa shape index (κ1) is 16.4. The number of nitrogens with two attached hydrogens (primary N) is 1. The number of aromatic nitrogens is 1. The van der Waals surface area contributed by atoms with E-state index in [4.69, 9.17) is 35.0 Å². The molecule has 0 aliphatic carbocycles.